The molecule has 148 valence electrons. The molecule has 2 aromatic rings. The van der Waals surface area contributed by atoms with Crippen molar-refractivity contribution in [1.82, 2.24) is 4.98 Å². The number of hydrogen-bond acceptors (Lipinski definition) is 7. The van der Waals surface area contributed by atoms with Crippen molar-refractivity contribution in [2.75, 3.05) is 18.5 Å². The number of nitrogens with one attached hydrogen (secondary N) is 1. The van der Waals surface area contributed by atoms with Crippen LogP contribution in [-0.2, 0) is 27.1 Å². The number of fused-ring (bicyclic) bond motifs is 1. The fourth-order valence-electron chi connectivity index (χ4n) is 3.11. The van der Waals surface area contributed by atoms with Crippen molar-refractivity contribution in [3.05, 3.63) is 46.1 Å². The van der Waals surface area contributed by atoms with E-state index >= 15 is 0 Å². The first kappa shape index (κ1) is 20.0. The third kappa shape index (κ3) is 4.56. The lowest BCUT2D eigenvalue weighted by Gasteiger charge is -2.18. The minimum absolute atomic E-state index is 0.128. The molecule has 0 saturated carbocycles. The Morgan fingerprint density at radius 1 is 1.25 bits per heavy atom. The van der Waals surface area contributed by atoms with Crippen LogP contribution in [0.4, 0.5) is 5.00 Å². The van der Waals surface area contributed by atoms with Gasteiger partial charge in [0.1, 0.15) is 10.7 Å². The van der Waals surface area contributed by atoms with Crippen molar-refractivity contribution in [2.45, 2.75) is 33.1 Å². The minimum atomic E-state index is -0.680. The third-order valence-corrected chi connectivity index (χ3v) is 5.62. The van der Waals surface area contributed by atoms with Gasteiger partial charge in [0.2, 0.25) is 0 Å². The molecule has 2 heterocycles. The smallest absolute Gasteiger partial charge is 0.357 e. The fraction of sp³-hybridized carbons (Fsp3) is 0.400. The van der Waals surface area contributed by atoms with Crippen LogP contribution in [0.3, 0.4) is 0 Å². The summed E-state index contributed by atoms with van der Waals surface area (Å²) in [6.07, 6.45) is 4.12. The van der Waals surface area contributed by atoms with E-state index in [2.05, 4.69) is 17.2 Å². The van der Waals surface area contributed by atoms with Crippen LogP contribution < -0.4 is 5.32 Å². The molecule has 3 rings (SSSR count). The first-order valence-electron chi connectivity index (χ1n) is 9.19. The van der Waals surface area contributed by atoms with E-state index in [1.807, 2.05) is 0 Å². The molecule has 1 amide bonds. The molecule has 8 heteroatoms. The zero-order valence-electron chi connectivity index (χ0n) is 15.8. The summed E-state index contributed by atoms with van der Waals surface area (Å²) in [6, 6.07) is 4.85. The number of carbonyl (C=O) groups is 3. The quantitative estimate of drug-likeness (QED) is 0.746. The Hall–Kier alpha value is -2.74. The molecule has 0 fully saturated rings. The molecule has 0 aromatic carbocycles. The SMILES string of the molecule is CCOC(=O)c1c(NC(=O)COC(=O)c2ccccn2)sc2c1CCC(C)C2. The van der Waals surface area contributed by atoms with Crippen LogP contribution in [0, 0.1) is 5.92 Å². The van der Waals surface area contributed by atoms with E-state index in [4.69, 9.17) is 9.47 Å². The second-order valence-electron chi connectivity index (χ2n) is 6.62. The van der Waals surface area contributed by atoms with Crippen LogP contribution in [0.25, 0.3) is 0 Å². The zero-order chi connectivity index (χ0) is 20.1. The normalized spacial score (nSPS) is 15.4. The van der Waals surface area contributed by atoms with Gasteiger partial charge in [-0.25, -0.2) is 14.6 Å². The van der Waals surface area contributed by atoms with Gasteiger partial charge in [-0.3, -0.25) is 4.79 Å². The monoisotopic (exact) mass is 402 g/mol. The summed E-state index contributed by atoms with van der Waals surface area (Å²) in [5, 5.41) is 3.16. The maximum Gasteiger partial charge on any atom is 0.357 e. The van der Waals surface area contributed by atoms with E-state index in [-0.39, 0.29) is 12.3 Å². The first-order chi connectivity index (χ1) is 13.5. The highest BCUT2D eigenvalue weighted by molar-refractivity contribution is 7.17. The first-order valence-corrected chi connectivity index (χ1v) is 10.0. The highest BCUT2D eigenvalue weighted by atomic mass is 32.1. The second kappa shape index (κ2) is 8.97. The predicted octanol–water partition coefficient (Wildman–Crippen LogP) is 3.24. The van der Waals surface area contributed by atoms with Gasteiger partial charge < -0.3 is 14.8 Å². The topological polar surface area (TPSA) is 94.6 Å². The molecule has 0 aliphatic heterocycles. The molecule has 7 nitrogen and oxygen atoms in total. The third-order valence-electron chi connectivity index (χ3n) is 4.45. The van der Waals surface area contributed by atoms with Gasteiger partial charge in [-0.15, -0.1) is 11.3 Å². The Balaban J connectivity index is 1.71. The molecule has 2 aromatic heterocycles. The standard InChI is InChI=1S/C20H22N2O5S/c1-3-26-20(25)17-13-8-7-12(2)10-15(13)28-18(17)22-16(23)11-27-19(24)14-6-4-5-9-21-14/h4-6,9,12H,3,7-8,10-11H2,1-2H3,(H,22,23). The van der Waals surface area contributed by atoms with Crippen molar-refractivity contribution < 1.29 is 23.9 Å². The van der Waals surface area contributed by atoms with E-state index in [1.165, 1.54) is 23.6 Å². The molecular formula is C20H22N2O5S. The van der Waals surface area contributed by atoms with Crippen molar-refractivity contribution in [3.8, 4) is 0 Å². The molecule has 0 saturated heterocycles. The number of esters is 2. The molecule has 0 bridgehead atoms. The van der Waals surface area contributed by atoms with Crippen LogP contribution >= 0.6 is 11.3 Å². The molecule has 28 heavy (non-hydrogen) atoms. The fourth-order valence-corrected chi connectivity index (χ4v) is 4.52. The summed E-state index contributed by atoms with van der Waals surface area (Å²) in [5.41, 5.74) is 1.52. The molecule has 1 unspecified atom stereocenters. The summed E-state index contributed by atoms with van der Waals surface area (Å²) in [4.78, 5) is 41.7. The van der Waals surface area contributed by atoms with Crippen molar-refractivity contribution in [1.29, 1.82) is 0 Å². The van der Waals surface area contributed by atoms with Gasteiger partial charge >= 0.3 is 11.9 Å². The lowest BCUT2D eigenvalue weighted by Crippen LogP contribution is -2.22. The summed E-state index contributed by atoms with van der Waals surface area (Å²) >= 11 is 1.39. The minimum Gasteiger partial charge on any atom is -0.462 e. The van der Waals surface area contributed by atoms with Crippen LogP contribution in [0.5, 0.6) is 0 Å². The van der Waals surface area contributed by atoms with Gasteiger partial charge in [0.05, 0.1) is 12.2 Å². The van der Waals surface area contributed by atoms with Crippen LogP contribution in [0.15, 0.2) is 24.4 Å². The Kier molecular flexibility index (Phi) is 6.41. The van der Waals surface area contributed by atoms with E-state index < -0.39 is 24.5 Å². The largest absolute Gasteiger partial charge is 0.462 e. The van der Waals surface area contributed by atoms with Crippen molar-refractivity contribution >= 4 is 34.2 Å². The number of ether oxygens (including phenoxy) is 2. The number of thiophene rings is 1. The van der Waals surface area contributed by atoms with Gasteiger partial charge in [0.25, 0.3) is 5.91 Å². The van der Waals surface area contributed by atoms with E-state index in [0.29, 0.717) is 16.5 Å². The number of pyridine rings is 1. The average molecular weight is 402 g/mol. The highest BCUT2D eigenvalue weighted by Crippen LogP contribution is 2.40. The van der Waals surface area contributed by atoms with Gasteiger partial charge in [0.15, 0.2) is 6.61 Å². The number of rotatable bonds is 6. The Labute approximate surface area is 167 Å². The lowest BCUT2D eigenvalue weighted by atomic mass is 9.88. The van der Waals surface area contributed by atoms with Gasteiger partial charge in [-0.2, -0.15) is 0 Å². The van der Waals surface area contributed by atoms with E-state index in [0.717, 1.165) is 29.7 Å². The van der Waals surface area contributed by atoms with Crippen molar-refractivity contribution in [2.24, 2.45) is 5.92 Å². The number of carbonyl (C=O) groups excluding carboxylic acids is 3. The lowest BCUT2D eigenvalue weighted by molar-refractivity contribution is -0.119. The molecule has 1 N–H and O–H groups in total. The average Bonchev–Trinajstić information content (AvgIpc) is 3.03. The molecule has 1 aliphatic rings. The van der Waals surface area contributed by atoms with Crippen molar-refractivity contribution in [3.63, 3.8) is 0 Å². The maximum absolute atomic E-state index is 12.5. The van der Waals surface area contributed by atoms with E-state index in [9.17, 15) is 14.4 Å². The van der Waals surface area contributed by atoms with Crippen LogP contribution in [0.1, 0.15) is 51.6 Å². The van der Waals surface area contributed by atoms with Crippen LogP contribution in [-0.4, -0.2) is 36.0 Å². The molecule has 1 aliphatic carbocycles. The number of anilines is 1. The molecule has 1 atom stereocenters. The summed E-state index contributed by atoms with van der Waals surface area (Å²) in [7, 11) is 0. The second-order valence-corrected chi connectivity index (χ2v) is 7.72. The van der Waals surface area contributed by atoms with Crippen LogP contribution in [0.2, 0.25) is 0 Å². The molecule has 0 radical (unpaired) electrons. The molecular weight excluding hydrogens is 380 g/mol. The Morgan fingerprint density at radius 2 is 2.07 bits per heavy atom. The van der Waals surface area contributed by atoms with Gasteiger partial charge in [-0.05, 0) is 49.8 Å². The van der Waals surface area contributed by atoms with E-state index in [1.54, 1.807) is 19.1 Å². The van der Waals surface area contributed by atoms with Gasteiger partial charge in [0, 0.05) is 11.1 Å². The molecule has 0 spiro atoms. The Morgan fingerprint density at radius 3 is 2.79 bits per heavy atom. The number of hydrogen-bond donors (Lipinski definition) is 1. The number of aromatic nitrogens is 1. The van der Waals surface area contributed by atoms with Gasteiger partial charge in [-0.1, -0.05) is 13.0 Å². The Bertz CT molecular complexity index is 878. The predicted molar refractivity (Wildman–Crippen MR) is 105 cm³/mol. The summed E-state index contributed by atoms with van der Waals surface area (Å²) < 4.78 is 10.2. The number of nitrogens with zero attached hydrogens (tertiary/aromatic N) is 1. The maximum atomic E-state index is 12.5. The summed E-state index contributed by atoms with van der Waals surface area (Å²) in [6.45, 7) is 3.71. The summed E-state index contributed by atoms with van der Waals surface area (Å²) in [5.74, 6) is -1.10. The highest BCUT2D eigenvalue weighted by Gasteiger charge is 2.29. The zero-order valence-corrected chi connectivity index (χ0v) is 16.6. The number of amides is 1.